The summed E-state index contributed by atoms with van der Waals surface area (Å²) in [6.07, 6.45) is 0. The number of hydrogen-bond acceptors (Lipinski definition) is 3. The van der Waals surface area contributed by atoms with E-state index in [1.807, 2.05) is 36.4 Å². The lowest BCUT2D eigenvalue weighted by Crippen LogP contribution is -2.45. The summed E-state index contributed by atoms with van der Waals surface area (Å²) in [4.78, 5) is 30.4. The molecule has 35 heavy (non-hydrogen) atoms. The first-order valence-electron chi connectivity index (χ1n) is 10.7. The van der Waals surface area contributed by atoms with E-state index in [1.54, 1.807) is 19.1 Å². The van der Waals surface area contributed by atoms with Crippen LogP contribution in [-0.4, -0.2) is 28.5 Å². The summed E-state index contributed by atoms with van der Waals surface area (Å²) in [6, 6.07) is 17.8. The Labute approximate surface area is 209 Å². The lowest BCUT2D eigenvalue weighted by Gasteiger charge is -2.27. The smallest absolute Gasteiger partial charge is 0.315 e. The van der Waals surface area contributed by atoms with E-state index in [0.29, 0.717) is 27.7 Å². The normalized spacial score (nSPS) is 12.8. The highest BCUT2D eigenvalue weighted by atomic mass is 79.9. The van der Waals surface area contributed by atoms with E-state index in [-0.39, 0.29) is 0 Å². The molecular weight excluding hydrogens is 518 g/mol. The van der Waals surface area contributed by atoms with Crippen molar-refractivity contribution in [3.05, 3.63) is 99.5 Å². The van der Waals surface area contributed by atoms with Crippen molar-refractivity contribution in [3.8, 4) is 11.3 Å². The van der Waals surface area contributed by atoms with Crippen LogP contribution in [0.3, 0.4) is 0 Å². The first-order chi connectivity index (χ1) is 16.6. The van der Waals surface area contributed by atoms with Crippen LogP contribution in [0.4, 0.5) is 8.78 Å². The topological polar surface area (TPSA) is 79.3 Å². The first kappa shape index (κ1) is 24.5. The number of nitrogens with one attached hydrogen (secondary N) is 1. The number of aliphatic carboxylic acids is 1. The summed E-state index contributed by atoms with van der Waals surface area (Å²) >= 11 is 3.42. The third-order valence-corrected chi connectivity index (χ3v) is 6.55. The maximum Gasteiger partial charge on any atom is 0.315 e. The van der Waals surface area contributed by atoms with Gasteiger partial charge in [-0.05, 0) is 49.7 Å². The minimum atomic E-state index is -2.04. The quantitative estimate of drug-likeness (QED) is 0.314. The van der Waals surface area contributed by atoms with Gasteiger partial charge < -0.3 is 10.4 Å². The molecule has 0 fully saturated rings. The molecule has 0 bridgehead atoms. The zero-order valence-electron chi connectivity index (χ0n) is 18.9. The molecule has 0 aliphatic rings. The number of carboxylic acids is 1. The number of pyridine rings is 1. The van der Waals surface area contributed by atoms with Gasteiger partial charge in [-0.1, -0.05) is 52.3 Å². The highest BCUT2D eigenvalue weighted by Crippen LogP contribution is 2.32. The van der Waals surface area contributed by atoms with Crippen molar-refractivity contribution in [2.24, 2.45) is 0 Å². The number of benzene rings is 3. The summed E-state index contributed by atoms with van der Waals surface area (Å²) in [7, 11) is 0. The summed E-state index contributed by atoms with van der Waals surface area (Å²) in [5.74, 6) is -4.03. The summed E-state index contributed by atoms with van der Waals surface area (Å²) in [5, 5.41) is 13.0. The lowest BCUT2D eigenvalue weighted by atomic mass is 9.81. The molecule has 0 radical (unpaired) electrons. The van der Waals surface area contributed by atoms with Gasteiger partial charge in [0.2, 0.25) is 0 Å². The third-order valence-electron chi connectivity index (χ3n) is 6.05. The van der Waals surface area contributed by atoms with Gasteiger partial charge in [0.1, 0.15) is 17.0 Å². The third kappa shape index (κ3) is 4.53. The van der Waals surface area contributed by atoms with Crippen molar-refractivity contribution < 1.29 is 23.5 Å². The molecule has 0 saturated heterocycles. The van der Waals surface area contributed by atoms with Crippen molar-refractivity contribution in [1.82, 2.24) is 10.3 Å². The molecule has 4 rings (SSSR count). The van der Waals surface area contributed by atoms with Gasteiger partial charge >= 0.3 is 5.97 Å². The van der Waals surface area contributed by atoms with Gasteiger partial charge in [0, 0.05) is 27.5 Å². The highest BCUT2D eigenvalue weighted by Gasteiger charge is 2.40. The minimum Gasteiger partial charge on any atom is -0.481 e. The molecule has 0 unspecified atom stereocenters. The monoisotopic (exact) mass is 538 g/mol. The van der Waals surface area contributed by atoms with Crippen LogP contribution >= 0.6 is 15.9 Å². The van der Waals surface area contributed by atoms with Crippen LogP contribution in [-0.2, 0) is 10.2 Å². The molecule has 0 saturated carbocycles. The molecular formula is C27H21BrF2N2O3. The average molecular weight is 539 g/mol. The summed E-state index contributed by atoms with van der Waals surface area (Å²) in [5.41, 5.74) is 0.232. The number of fused-ring (bicyclic) bond motifs is 1. The first-order valence-corrected chi connectivity index (χ1v) is 11.5. The van der Waals surface area contributed by atoms with Crippen molar-refractivity contribution in [3.63, 3.8) is 0 Å². The van der Waals surface area contributed by atoms with Crippen LogP contribution in [0.1, 0.15) is 28.4 Å². The largest absolute Gasteiger partial charge is 0.481 e. The second-order valence-corrected chi connectivity index (χ2v) is 9.32. The van der Waals surface area contributed by atoms with Gasteiger partial charge in [0.25, 0.3) is 5.91 Å². The Kier molecular flexibility index (Phi) is 6.67. The number of rotatable bonds is 6. The fraction of sp³-hybridized carbons (Fsp3) is 0.148. The number of carbonyl (C=O) groups excluding carboxylic acids is 1. The molecule has 1 heterocycles. The zero-order chi connectivity index (χ0) is 25.3. The molecule has 2 N–H and O–H groups in total. The minimum absolute atomic E-state index is 0.303. The van der Waals surface area contributed by atoms with E-state index in [2.05, 4.69) is 21.2 Å². The van der Waals surface area contributed by atoms with Crippen LogP contribution in [0.5, 0.6) is 0 Å². The van der Waals surface area contributed by atoms with Gasteiger partial charge in [-0.3, -0.25) is 9.59 Å². The molecule has 1 amide bonds. The number of aromatic nitrogens is 1. The van der Waals surface area contributed by atoms with Crippen LogP contribution < -0.4 is 5.32 Å². The van der Waals surface area contributed by atoms with E-state index in [0.717, 1.165) is 28.2 Å². The Balaban J connectivity index is 1.80. The van der Waals surface area contributed by atoms with Gasteiger partial charge in [0.05, 0.1) is 16.8 Å². The van der Waals surface area contributed by atoms with Crippen LogP contribution in [0.15, 0.2) is 71.2 Å². The SMILES string of the molecule is Cc1c(-c2ccccc2)nc2ccc(Br)cc2c1C(=O)NC[C@](C)(C(=O)O)c1c(F)cccc1F. The number of amides is 1. The van der Waals surface area contributed by atoms with Gasteiger partial charge in [-0.15, -0.1) is 0 Å². The standard InChI is InChI=1S/C27H21BrF2N2O3/c1-15-22(18-13-17(28)11-12-21(18)32-24(15)16-7-4-3-5-8-16)25(33)31-14-27(2,26(34)35)23-19(29)9-6-10-20(23)30/h3-13H,14H2,1-2H3,(H,31,33)(H,34,35)/t27-/m0/s1. The highest BCUT2D eigenvalue weighted by molar-refractivity contribution is 9.10. The summed E-state index contributed by atoms with van der Waals surface area (Å²) in [6.45, 7) is 2.41. The molecule has 0 aliphatic carbocycles. The fourth-order valence-electron chi connectivity index (χ4n) is 4.14. The van der Waals surface area contributed by atoms with Crippen LogP contribution in [0.25, 0.3) is 22.2 Å². The summed E-state index contributed by atoms with van der Waals surface area (Å²) < 4.78 is 29.7. The molecule has 3 aromatic carbocycles. The maximum atomic E-state index is 14.5. The van der Waals surface area contributed by atoms with E-state index >= 15 is 0 Å². The van der Waals surface area contributed by atoms with Gasteiger partial charge in [-0.2, -0.15) is 0 Å². The van der Waals surface area contributed by atoms with Crippen molar-refractivity contribution >= 4 is 38.7 Å². The Morgan fingerprint density at radius 1 is 1.03 bits per heavy atom. The Bertz CT molecular complexity index is 1440. The van der Waals surface area contributed by atoms with Crippen LogP contribution in [0, 0.1) is 18.6 Å². The van der Waals surface area contributed by atoms with E-state index in [1.165, 1.54) is 6.92 Å². The molecule has 1 aromatic heterocycles. The molecule has 1 atom stereocenters. The predicted molar refractivity (Wildman–Crippen MR) is 133 cm³/mol. The Morgan fingerprint density at radius 3 is 2.31 bits per heavy atom. The Hall–Kier alpha value is -3.65. The van der Waals surface area contributed by atoms with Gasteiger partial charge in [0.15, 0.2) is 0 Å². The predicted octanol–water partition coefficient (Wildman–Crippen LogP) is 6.02. The molecule has 0 aliphatic heterocycles. The number of carboxylic acid groups (broad SMARTS) is 1. The second kappa shape index (κ2) is 9.54. The number of carbonyl (C=O) groups is 2. The fourth-order valence-corrected chi connectivity index (χ4v) is 4.50. The molecule has 4 aromatic rings. The maximum absolute atomic E-state index is 14.5. The van der Waals surface area contributed by atoms with E-state index in [4.69, 9.17) is 4.98 Å². The molecule has 8 heteroatoms. The number of halogens is 3. The average Bonchev–Trinajstić information content (AvgIpc) is 2.82. The lowest BCUT2D eigenvalue weighted by molar-refractivity contribution is -0.143. The number of hydrogen-bond donors (Lipinski definition) is 2. The van der Waals surface area contributed by atoms with E-state index < -0.39 is 41.0 Å². The van der Waals surface area contributed by atoms with Crippen molar-refractivity contribution in [1.29, 1.82) is 0 Å². The second-order valence-electron chi connectivity index (χ2n) is 8.40. The van der Waals surface area contributed by atoms with E-state index in [9.17, 15) is 23.5 Å². The van der Waals surface area contributed by atoms with Gasteiger partial charge in [-0.25, -0.2) is 13.8 Å². The zero-order valence-corrected chi connectivity index (χ0v) is 20.5. The molecule has 0 spiro atoms. The van der Waals surface area contributed by atoms with Crippen LogP contribution in [0.2, 0.25) is 0 Å². The molecule has 178 valence electrons. The number of nitrogens with zero attached hydrogens (tertiary/aromatic N) is 1. The molecule has 5 nitrogen and oxygen atoms in total. The van der Waals surface area contributed by atoms with Crippen molar-refractivity contribution in [2.75, 3.05) is 6.54 Å². The van der Waals surface area contributed by atoms with Crippen molar-refractivity contribution in [2.45, 2.75) is 19.3 Å². The Morgan fingerprint density at radius 2 is 1.69 bits per heavy atom.